The van der Waals surface area contributed by atoms with Gasteiger partial charge in [0.1, 0.15) is 5.75 Å². The molecule has 0 aliphatic rings. The summed E-state index contributed by atoms with van der Waals surface area (Å²) >= 11 is 0. The Morgan fingerprint density at radius 1 is 0.939 bits per heavy atom. The van der Waals surface area contributed by atoms with Gasteiger partial charge in [-0.3, -0.25) is 9.78 Å². The lowest BCUT2D eigenvalue weighted by Crippen LogP contribution is -2.30. The highest BCUT2D eigenvalue weighted by Crippen LogP contribution is 2.26. The standard InChI is InChI=1S/C26H30N4O3/c1-18(33-23-10-5-7-20(15-23)26(2,3)4)24(31)29-21-8-6-9-22(16-21)30-25(32)28-17-19-11-13-27-14-12-19/h5-16,18H,17H2,1-4H3,(H,29,31)(H2,28,30,32). The normalized spacial score (nSPS) is 11.9. The van der Waals surface area contributed by atoms with Gasteiger partial charge in [0, 0.05) is 30.3 Å². The first kappa shape index (κ1) is 23.8. The van der Waals surface area contributed by atoms with Crippen molar-refractivity contribution in [1.82, 2.24) is 10.3 Å². The molecule has 0 saturated carbocycles. The molecule has 0 aliphatic carbocycles. The highest BCUT2D eigenvalue weighted by atomic mass is 16.5. The number of aromatic nitrogens is 1. The van der Waals surface area contributed by atoms with Crippen molar-refractivity contribution in [1.29, 1.82) is 0 Å². The highest BCUT2D eigenvalue weighted by molar-refractivity contribution is 5.95. The summed E-state index contributed by atoms with van der Waals surface area (Å²) < 4.78 is 5.86. The molecule has 7 heteroatoms. The SMILES string of the molecule is CC(Oc1cccc(C(C)(C)C)c1)C(=O)Nc1cccc(NC(=O)NCc2ccncc2)c1. The summed E-state index contributed by atoms with van der Waals surface area (Å²) in [5.74, 6) is 0.363. The first-order valence-corrected chi connectivity index (χ1v) is 10.8. The van der Waals surface area contributed by atoms with Crippen LogP contribution in [0.3, 0.4) is 0 Å². The van der Waals surface area contributed by atoms with Crippen molar-refractivity contribution in [3.63, 3.8) is 0 Å². The van der Waals surface area contributed by atoms with Gasteiger partial charge in [-0.25, -0.2) is 4.79 Å². The van der Waals surface area contributed by atoms with Crippen LogP contribution in [0, 0.1) is 0 Å². The summed E-state index contributed by atoms with van der Waals surface area (Å²) in [6.07, 6.45) is 2.65. The Kier molecular flexibility index (Phi) is 7.66. The van der Waals surface area contributed by atoms with Crippen LogP contribution in [0.25, 0.3) is 0 Å². The molecule has 0 saturated heterocycles. The zero-order valence-electron chi connectivity index (χ0n) is 19.4. The third-order valence-electron chi connectivity index (χ3n) is 4.97. The van der Waals surface area contributed by atoms with E-state index in [0.29, 0.717) is 23.7 Å². The van der Waals surface area contributed by atoms with Crippen LogP contribution in [-0.2, 0) is 16.8 Å². The van der Waals surface area contributed by atoms with Gasteiger partial charge in [0.15, 0.2) is 6.10 Å². The molecule has 0 aliphatic heterocycles. The van der Waals surface area contributed by atoms with Crippen LogP contribution in [0.1, 0.15) is 38.8 Å². The highest BCUT2D eigenvalue weighted by Gasteiger charge is 2.18. The van der Waals surface area contributed by atoms with E-state index < -0.39 is 6.10 Å². The molecule has 1 heterocycles. The molecular weight excluding hydrogens is 416 g/mol. The smallest absolute Gasteiger partial charge is 0.319 e. The predicted octanol–water partition coefficient (Wildman–Crippen LogP) is 5.11. The molecule has 3 amide bonds. The summed E-state index contributed by atoms with van der Waals surface area (Å²) in [6, 6.07) is 18.0. The first-order valence-electron chi connectivity index (χ1n) is 10.8. The Morgan fingerprint density at radius 3 is 2.30 bits per heavy atom. The number of pyridine rings is 1. The van der Waals surface area contributed by atoms with Crippen LogP contribution >= 0.6 is 0 Å². The maximum atomic E-state index is 12.7. The fourth-order valence-electron chi connectivity index (χ4n) is 3.07. The summed E-state index contributed by atoms with van der Waals surface area (Å²) in [4.78, 5) is 28.8. The third kappa shape index (κ3) is 7.35. The van der Waals surface area contributed by atoms with E-state index in [1.165, 1.54) is 0 Å². The lowest BCUT2D eigenvalue weighted by molar-refractivity contribution is -0.122. The molecule has 1 aromatic heterocycles. The first-order chi connectivity index (χ1) is 15.7. The van der Waals surface area contributed by atoms with Crippen LogP contribution < -0.4 is 20.7 Å². The van der Waals surface area contributed by atoms with Gasteiger partial charge in [0.05, 0.1) is 0 Å². The summed E-state index contributed by atoms with van der Waals surface area (Å²) in [5.41, 5.74) is 3.19. The zero-order chi connectivity index (χ0) is 23.8. The van der Waals surface area contributed by atoms with E-state index in [4.69, 9.17) is 4.74 Å². The number of amides is 3. The number of nitrogens with zero attached hydrogens (tertiary/aromatic N) is 1. The number of ether oxygens (including phenoxy) is 1. The predicted molar refractivity (Wildman–Crippen MR) is 130 cm³/mol. The van der Waals surface area contributed by atoms with Crippen molar-refractivity contribution in [3.8, 4) is 5.75 Å². The second kappa shape index (κ2) is 10.6. The Morgan fingerprint density at radius 2 is 1.61 bits per heavy atom. The van der Waals surface area contributed by atoms with Crippen LogP contribution in [-0.4, -0.2) is 23.0 Å². The monoisotopic (exact) mass is 446 g/mol. The number of rotatable bonds is 7. The van der Waals surface area contributed by atoms with E-state index in [1.807, 2.05) is 36.4 Å². The number of anilines is 2. The lowest BCUT2D eigenvalue weighted by atomic mass is 9.87. The molecular formula is C26H30N4O3. The molecule has 0 radical (unpaired) electrons. The zero-order valence-corrected chi connectivity index (χ0v) is 19.4. The molecule has 3 N–H and O–H groups in total. The largest absolute Gasteiger partial charge is 0.481 e. The Hall–Kier alpha value is -3.87. The van der Waals surface area contributed by atoms with Crippen molar-refractivity contribution >= 4 is 23.3 Å². The Balaban J connectivity index is 1.54. The molecule has 172 valence electrons. The molecule has 2 aromatic carbocycles. The Bertz CT molecular complexity index is 1090. The quantitative estimate of drug-likeness (QED) is 0.470. The van der Waals surface area contributed by atoms with E-state index >= 15 is 0 Å². The lowest BCUT2D eigenvalue weighted by Gasteiger charge is -2.21. The van der Waals surface area contributed by atoms with Crippen molar-refractivity contribution in [3.05, 3.63) is 84.2 Å². The van der Waals surface area contributed by atoms with Gasteiger partial charge >= 0.3 is 6.03 Å². The second-order valence-corrected chi connectivity index (χ2v) is 8.77. The minimum absolute atomic E-state index is 0.0110. The minimum atomic E-state index is -0.694. The van der Waals surface area contributed by atoms with E-state index in [0.717, 1.165) is 11.1 Å². The van der Waals surface area contributed by atoms with Gasteiger partial charge in [-0.05, 0) is 65.9 Å². The number of benzene rings is 2. The maximum absolute atomic E-state index is 12.7. The van der Waals surface area contributed by atoms with Crippen LogP contribution in [0.4, 0.5) is 16.2 Å². The average molecular weight is 447 g/mol. The number of urea groups is 1. The summed E-state index contributed by atoms with van der Waals surface area (Å²) in [5, 5.41) is 8.39. The number of carbonyl (C=O) groups excluding carboxylic acids is 2. The van der Waals surface area contributed by atoms with Crippen LogP contribution in [0.5, 0.6) is 5.75 Å². The van der Waals surface area contributed by atoms with Crippen molar-refractivity contribution in [2.24, 2.45) is 0 Å². The van der Waals surface area contributed by atoms with E-state index in [2.05, 4.69) is 41.7 Å². The summed E-state index contributed by atoms with van der Waals surface area (Å²) in [7, 11) is 0. The van der Waals surface area contributed by atoms with Gasteiger partial charge in [-0.1, -0.05) is 39.0 Å². The van der Waals surface area contributed by atoms with Gasteiger partial charge in [0.2, 0.25) is 0 Å². The fraction of sp³-hybridized carbons (Fsp3) is 0.269. The number of hydrogen-bond acceptors (Lipinski definition) is 4. The number of carbonyl (C=O) groups is 2. The minimum Gasteiger partial charge on any atom is -0.481 e. The molecule has 0 fully saturated rings. The van der Waals surface area contributed by atoms with Gasteiger partial charge < -0.3 is 20.7 Å². The van der Waals surface area contributed by atoms with Crippen LogP contribution in [0.2, 0.25) is 0 Å². The fourth-order valence-corrected chi connectivity index (χ4v) is 3.07. The molecule has 7 nitrogen and oxygen atoms in total. The molecule has 3 aromatic rings. The van der Waals surface area contributed by atoms with Gasteiger partial charge in [0.25, 0.3) is 5.91 Å². The van der Waals surface area contributed by atoms with Gasteiger partial charge in [-0.2, -0.15) is 0 Å². The van der Waals surface area contributed by atoms with E-state index in [1.54, 1.807) is 43.6 Å². The summed E-state index contributed by atoms with van der Waals surface area (Å²) in [6.45, 7) is 8.47. The Labute approximate surface area is 194 Å². The van der Waals surface area contributed by atoms with E-state index in [9.17, 15) is 9.59 Å². The third-order valence-corrected chi connectivity index (χ3v) is 4.97. The molecule has 33 heavy (non-hydrogen) atoms. The number of hydrogen-bond donors (Lipinski definition) is 3. The topological polar surface area (TPSA) is 92.4 Å². The number of nitrogens with one attached hydrogen (secondary N) is 3. The average Bonchev–Trinajstić information content (AvgIpc) is 2.78. The second-order valence-electron chi connectivity index (χ2n) is 8.77. The molecule has 1 unspecified atom stereocenters. The molecule has 0 bridgehead atoms. The van der Waals surface area contributed by atoms with Crippen molar-refractivity contribution < 1.29 is 14.3 Å². The molecule has 1 atom stereocenters. The maximum Gasteiger partial charge on any atom is 0.319 e. The van der Waals surface area contributed by atoms with Crippen molar-refractivity contribution in [2.45, 2.75) is 45.8 Å². The molecule has 3 rings (SSSR count). The van der Waals surface area contributed by atoms with Gasteiger partial charge in [-0.15, -0.1) is 0 Å². The van der Waals surface area contributed by atoms with E-state index in [-0.39, 0.29) is 17.4 Å². The van der Waals surface area contributed by atoms with Crippen LogP contribution in [0.15, 0.2) is 73.1 Å². The molecule has 0 spiro atoms. The van der Waals surface area contributed by atoms with Crippen molar-refractivity contribution in [2.75, 3.05) is 10.6 Å².